The predicted molar refractivity (Wildman–Crippen MR) is 95.8 cm³/mol. The Bertz CT molecular complexity index is 606. The lowest BCUT2D eigenvalue weighted by Gasteiger charge is -2.31. The third-order valence-corrected chi connectivity index (χ3v) is 5.06. The van der Waals surface area contributed by atoms with Gasteiger partial charge in [0.2, 0.25) is 0 Å². The van der Waals surface area contributed by atoms with Crippen LogP contribution in [0.3, 0.4) is 0 Å². The first-order valence-electron chi connectivity index (χ1n) is 9.21. The average Bonchev–Trinajstić information content (AvgIpc) is 3.17. The average molecular weight is 345 g/mol. The molecule has 25 heavy (non-hydrogen) atoms. The van der Waals surface area contributed by atoms with E-state index in [4.69, 9.17) is 4.74 Å². The Hall–Kier alpha value is -2.08. The Labute approximate surface area is 148 Å². The number of hydrogen-bond donors (Lipinski definition) is 2. The van der Waals surface area contributed by atoms with Crippen LogP contribution in [0, 0.1) is 0 Å². The molecule has 2 aliphatic heterocycles. The van der Waals surface area contributed by atoms with Crippen LogP contribution in [0.15, 0.2) is 24.3 Å². The highest BCUT2D eigenvalue weighted by atomic mass is 16.6. The Kier molecular flexibility index (Phi) is 5.91. The van der Waals surface area contributed by atoms with Gasteiger partial charge in [0.15, 0.2) is 0 Å². The van der Waals surface area contributed by atoms with Crippen LogP contribution in [0.25, 0.3) is 0 Å². The molecule has 2 aliphatic rings. The minimum Gasteiger partial charge on any atom is -0.450 e. The minimum absolute atomic E-state index is 0.00270. The van der Waals surface area contributed by atoms with Crippen LogP contribution < -0.4 is 10.6 Å². The summed E-state index contributed by atoms with van der Waals surface area (Å²) in [6.45, 7) is 5.38. The quantitative estimate of drug-likeness (QED) is 0.877. The second kappa shape index (κ2) is 8.34. The third-order valence-electron chi connectivity index (χ3n) is 5.06. The molecule has 2 saturated heterocycles. The molecule has 0 aromatic heterocycles. The van der Waals surface area contributed by atoms with E-state index in [0.717, 1.165) is 43.5 Å². The highest BCUT2D eigenvalue weighted by Gasteiger charge is 2.27. The Morgan fingerprint density at radius 1 is 1.24 bits per heavy atom. The zero-order valence-electron chi connectivity index (χ0n) is 14.8. The fraction of sp³-hybridized carbons (Fsp3) is 0.579. The number of ether oxygens (including phenoxy) is 1. The van der Waals surface area contributed by atoms with Gasteiger partial charge in [0, 0.05) is 31.2 Å². The predicted octanol–water partition coefficient (Wildman–Crippen LogP) is 2.11. The number of likely N-dealkylation sites (tertiary alicyclic amines) is 1. The van der Waals surface area contributed by atoms with Gasteiger partial charge >= 0.3 is 6.09 Å². The third kappa shape index (κ3) is 4.31. The van der Waals surface area contributed by atoms with E-state index in [1.54, 1.807) is 4.90 Å². The minimum atomic E-state index is -0.258. The normalized spacial score (nSPS) is 21.2. The highest BCUT2D eigenvalue weighted by Crippen LogP contribution is 2.26. The van der Waals surface area contributed by atoms with Crippen LogP contribution in [0.4, 0.5) is 4.79 Å². The lowest BCUT2D eigenvalue weighted by molar-refractivity contribution is 0.0859. The summed E-state index contributed by atoms with van der Waals surface area (Å²) in [4.78, 5) is 26.2. The Balaban J connectivity index is 1.58. The molecule has 0 bridgehead atoms. The molecule has 136 valence electrons. The summed E-state index contributed by atoms with van der Waals surface area (Å²) in [6.07, 6.45) is 2.34. The summed E-state index contributed by atoms with van der Waals surface area (Å²) in [5, 5.41) is 6.52. The van der Waals surface area contributed by atoms with Crippen molar-refractivity contribution in [2.45, 2.75) is 38.1 Å². The van der Waals surface area contributed by atoms with Crippen molar-refractivity contribution in [3.05, 3.63) is 35.4 Å². The van der Waals surface area contributed by atoms with Gasteiger partial charge in [-0.15, -0.1) is 0 Å². The molecule has 6 nitrogen and oxygen atoms in total. The van der Waals surface area contributed by atoms with Gasteiger partial charge in [-0.1, -0.05) is 18.2 Å². The summed E-state index contributed by atoms with van der Waals surface area (Å²) in [5.41, 5.74) is 1.91. The van der Waals surface area contributed by atoms with Crippen LogP contribution in [-0.4, -0.2) is 55.7 Å². The zero-order valence-corrected chi connectivity index (χ0v) is 14.8. The van der Waals surface area contributed by atoms with Crippen molar-refractivity contribution in [1.82, 2.24) is 15.5 Å². The molecule has 0 radical (unpaired) electrons. The van der Waals surface area contributed by atoms with Gasteiger partial charge in [-0.05, 0) is 50.3 Å². The molecule has 1 unspecified atom stereocenters. The lowest BCUT2D eigenvalue weighted by Crippen LogP contribution is -2.46. The monoisotopic (exact) mass is 345 g/mol. The van der Waals surface area contributed by atoms with Crippen molar-refractivity contribution < 1.29 is 14.3 Å². The van der Waals surface area contributed by atoms with Crippen molar-refractivity contribution in [2.24, 2.45) is 0 Å². The SMILES string of the molecule is CCOC(=O)N1CCC(NC(=O)c2ccccc2C2CCNC2)CC1. The first-order chi connectivity index (χ1) is 12.2. The number of nitrogens with one attached hydrogen (secondary N) is 2. The van der Waals surface area contributed by atoms with Gasteiger partial charge in [0.05, 0.1) is 6.61 Å². The van der Waals surface area contributed by atoms with E-state index in [0.29, 0.717) is 25.6 Å². The molecule has 1 atom stereocenters. The maximum atomic E-state index is 12.8. The van der Waals surface area contributed by atoms with Crippen molar-refractivity contribution in [3.8, 4) is 0 Å². The van der Waals surface area contributed by atoms with E-state index in [1.807, 2.05) is 25.1 Å². The van der Waals surface area contributed by atoms with E-state index < -0.39 is 0 Å². The molecule has 2 N–H and O–H groups in total. The molecule has 1 aromatic carbocycles. The number of benzene rings is 1. The number of carbonyl (C=O) groups excluding carboxylic acids is 2. The highest BCUT2D eigenvalue weighted by molar-refractivity contribution is 5.96. The second-order valence-corrected chi connectivity index (χ2v) is 6.71. The maximum Gasteiger partial charge on any atom is 0.409 e. The molecule has 0 spiro atoms. The number of piperidine rings is 1. The summed E-state index contributed by atoms with van der Waals surface area (Å²) in [5.74, 6) is 0.407. The molecule has 3 rings (SSSR count). The van der Waals surface area contributed by atoms with Gasteiger partial charge < -0.3 is 20.3 Å². The first kappa shape index (κ1) is 17.7. The van der Waals surface area contributed by atoms with Gasteiger partial charge in [-0.3, -0.25) is 4.79 Å². The largest absolute Gasteiger partial charge is 0.450 e. The van der Waals surface area contributed by atoms with Crippen molar-refractivity contribution in [2.75, 3.05) is 32.8 Å². The molecule has 1 aromatic rings. The smallest absolute Gasteiger partial charge is 0.409 e. The Morgan fingerprint density at radius 2 is 2.00 bits per heavy atom. The zero-order chi connectivity index (χ0) is 17.6. The van der Waals surface area contributed by atoms with E-state index in [2.05, 4.69) is 16.7 Å². The standard InChI is InChI=1S/C19H27N3O3/c1-2-25-19(24)22-11-8-15(9-12-22)21-18(23)17-6-4-3-5-16(17)14-7-10-20-13-14/h3-6,14-15,20H,2,7-13H2,1H3,(H,21,23). The first-order valence-corrected chi connectivity index (χ1v) is 9.21. The van der Waals surface area contributed by atoms with Crippen LogP contribution in [0.2, 0.25) is 0 Å². The molecule has 0 saturated carbocycles. The molecular formula is C19H27N3O3. The lowest BCUT2D eigenvalue weighted by atomic mass is 9.92. The molecule has 0 aliphatic carbocycles. The number of carbonyl (C=O) groups is 2. The molecule has 2 amide bonds. The van der Waals surface area contributed by atoms with Crippen LogP contribution in [0.1, 0.15) is 48.0 Å². The maximum absolute atomic E-state index is 12.8. The number of rotatable bonds is 4. The number of nitrogens with zero attached hydrogens (tertiary/aromatic N) is 1. The van der Waals surface area contributed by atoms with Crippen molar-refractivity contribution in [1.29, 1.82) is 0 Å². The van der Waals surface area contributed by atoms with E-state index in [1.165, 1.54) is 0 Å². The van der Waals surface area contributed by atoms with E-state index in [9.17, 15) is 9.59 Å². The molecule has 2 heterocycles. The number of hydrogen-bond acceptors (Lipinski definition) is 4. The summed E-state index contributed by atoms with van der Waals surface area (Å²) < 4.78 is 5.03. The van der Waals surface area contributed by atoms with Crippen molar-refractivity contribution in [3.63, 3.8) is 0 Å². The van der Waals surface area contributed by atoms with Gasteiger partial charge in [-0.2, -0.15) is 0 Å². The topological polar surface area (TPSA) is 70.7 Å². The number of amides is 2. The van der Waals surface area contributed by atoms with Crippen LogP contribution in [-0.2, 0) is 4.74 Å². The van der Waals surface area contributed by atoms with Crippen molar-refractivity contribution >= 4 is 12.0 Å². The molecular weight excluding hydrogens is 318 g/mol. The van der Waals surface area contributed by atoms with E-state index >= 15 is 0 Å². The fourth-order valence-electron chi connectivity index (χ4n) is 3.66. The van der Waals surface area contributed by atoms with Crippen LogP contribution in [0.5, 0.6) is 0 Å². The molecule has 6 heteroatoms. The van der Waals surface area contributed by atoms with Crippen LogP contribution >= 0.6 is 0 Å². The Morgan fingerprint density at radius 3 is 2.68 bits per heavy atom. The fourth-order valence-corrected chi connectivity index (χ4v) is 3.66. The second-order valence-electron chi connectivity index (χ2n) is 6.71. The summed E-state index contributed by atoms with van der Waals surface area (Å²) >= 11 is 0. The molecule has 2 fully saturated rings. The summed E-state index contributed by atoms with van der Waals surface area (Å²) in [7, 11) is 0. The summed E-state index contributed by atoms with van der Waals surface area (Å²) in [6, 6.07) is 8.01. The van der Waals surface area contributed by atoms with Gasteiger partial charge in [-0.25, -0.2) is 4.79 Å². The van der Waals surface area contributed by atoms with Gasteiger partial charge in [0.1, 0.15) is 0 Å². The van der Waals surface area contributed by atoms with Gasteiger partial charge in [0.25, 0.3) is 5.91 Å². The van der Waals surface area contributed by atoms with E-state index in [-0.39, 0.29) is 18.0 Å².